The van der Waals surface area contributed by atoms with Crippen molar-refractivity contribution in [3.63, 3.8) is 0 Å². The second-order valence-corrected chi connectivity index (χ2v) is 6.34. The van der Waals surface area contributed by atoms with Crippen LogP contribution in [0.5, 0.6) is 0 Å². The molecular weight excluding hydrogens is 274 g/mol. The molecule has 1 aromatic carbocycles. The van der Waals surface area contributed by atoms with E-state index in [0.717, 1.165) is 16.2 Å². The molecule has 1 N–H and O–H groups in total. The van der Waals surface area contributed by atoms with Gasteiger partial charge >= 0.3 is 0 Å². The molecular formula is C15H17NOS2. The van der Waals surface area contributed by atoms with Crippen LogP contribution in [0.15, 0.2) is 46.0 Å². The van der Waals surface area contributed by atoms with Crippen LogP contribution in [0.25, 0.3) is 0 Å². The SMILES string of the molecule is CC(C)NC(=O)c1ccccc1SCc1ccsc1. The van der Waals surface area contributed by atoms with E-state index in [1.807, 2.05) is 38.1 Å². The number of benzene rings is 1. The lowest BCUT2D eigenvalue weighted by molar-refractivity contribution is 0.0940. The molecule has 2 rings (SSSR count). The maximum absolute atomic E-state index is 12.1. The van der Waals surface area contributed by atoms with Gasteiger partial charge in [0.25, 0.3) is 5.91 Å². The molecule has 2 aromatic rings. The molecule has 100 valence electrons. The Balaban J connectivity index is 2.09. The van der Waals surface area contributed by atoms with E-state index >= 15 is 0 Å². The number of thioether (sulfide) groups is 1. The first-order chi connectivity index (χ1) is 9.16. The van der Waals surface area contributed by atoms with E-state index in [-0.39, 0.29) is 11.9 Å². The fourth-order valence-corrected chi connectivity index (χ4v) is 3.42. The van der Waals surface area contributed by atoms with Crippen LogP contribution >= 0.6 is 23.1 Å². The molecule has 0 fully saturated rings. The van der Waals surface area contributed by atoms with E-state index in [4.69, 9.17) is 0 Å². The topological polar surface area (TPSA) is 29.1 Å². The first-order valence-electron chi connectivity index (χ1n) is 6.20. The van der Waals surface area contributed by atoms with Crippen molar-refractivity contribution in [2.24, 2.45) is 0 Å². The van der Waals surface area contributed by atoms with Gasteiger partial charge in [-0.1, -0.05) is 12.1 Å². The summed E-state index contributed by atoms with van der Waals surface area (Å²) in [7, 11) is 0. The number of rotatable bonds is 5. The standard InChI is InChI=1S/C15H17NOS2/c1-11(2)16-15(17)13-5-3-4-6-14(13)19-10-12-7-8-18-9-12/h3-9,11H,10H2,1-2H3,(H,16,17). The van der Waals surface area contributed by atoms with Crippen molar-refractivity contribution < 1.29 is 4.79 Å². The first-order valence-corrected chi connectivity index (χ1v) is 8.13. The van der Waals surface area contributed by atoms with Crippen LogP contribution in [0, 0.1) is 0 Å². The quantitative estimate of drug-likeness (QED) is 0.837. The van der Waals surface area contributed by atoms with Crippen LogP contribution in [-0.4, -0.2) is 11.9 Å². The summed E-state index contributed by atoms with van der Waals surface area (Å²) >= 11 is 3.41. The van der Waals surface area contributed by atoms with Gasteiger partial charge in [-0.15, -0.1) is 11.8 Å². The summed E-state index contributed by atoms with van der Waals surface area (Å²) in [5, 5.41) is 7.16. The van der Waals surface area contributed by atoms with Crippen LogP contribution in [0.3, 0.4) is 0 Å². The predicted octanol–water partition coefficient (Wildman–Crippen LogP) is 4.18. The number of carbonyl (C=O) groups excluding carboxylic acids is 1. The summed E-state index contributed by atoms with van der Waals surface area (Å²) in [5.74, 6) is 0.901. The maximum atomic E-state index is 12.1. The molecule has 19 heavy (non-hydrogen) atoms. The maximum Gasteiger partial charge on any atom is 0.252 e. The summed E-state index contributed by atoms with van der Waals surface area (Å²) in [6, 6.07) is 10.0. The Kier molecular flexibility index (Phi) is 5.05. The fourth-order valence-electron chi connectivity index (χ4n) is 1.66. The Hall–Kier alpha value is -1.26. The van der Waals surface area contributed by atoms with Gasteiger partial charge in [-0.05, 0) is 48.4 Å². The molecule has 4 heteroatoms. The minimum Gasteiger partial charge on any atom is -0.350 e. The van der Waals surface area contributed by atoms with Gasteiger partial charge in [0, 0.05) is 16.7 Å². The molecule has 0 saturated heterocycles. The van der Waals surface area contributed by atoms with Crippen molar-refractivity contribution in [1.82, 2.24) is 5.32 Å². The summed E-state index contributed by atoms with van der Waals surface area (Å²) in [4.78, 5) is 13.1. The van der Waals surface area contributed by atoms with Gasteiger partial charge in [-0.2, -0.15) is 11.3 Å². The van der Waals surface area contributed by atoms with Crippen molar-refractivity contribution >= 4 is 29.0 Å². The van der Waals surface area contributed by atoms with Crippen molar-refractivity contribution in [2.45, 2.75) is 30.5 Å². The Morgan fingerprint density at radius 2 is 2.11 bits per heavy atom. The van der Waals surface area contributed by atoms with Gasteiger partial charge in [0.05, 0.1) is 5.56 Å². The minimum atomic E-state index is 0.00317. The minimum absolute atomic E-state index is 0.00317. The van der Waals surface area contributed by atoms with Gasteiger partial charge in [0.15, 0.2) is 0 Å². The van der Waals surface area contributed by atoms with E-state index in [2.05, 4.69) is 22.1 Å². The third-order valence-electron chi connectivity index (χ3n) is 2.53. The Morgan fingerprint density at radius 1 is 1.32 bits per heavy atom. The molecule has 0 atom stereocenters. The summed E-state index contributed by atoms with van der Waals surface area (Å²) < 4.78 is 0. The molecule has 0 saturated carbocycles. The summed E-state index contributed by atoms with van der Waals surface area (Å²) in [5.41, 5.74) is 2.06. The highest BCUT2D eigenvalue weighted by atomic mass is 32.2. The zero-order chi connectivity index (χ0) is 13.7. The van der Waals surface area contributed by atoms with E-state index in [0.29, 0.717) is 0 Å². The summed E-state index contributed by atoms with van der Waals surface area (Å²) in [6.07, 6.45) is 0. The third kappa shape index (κ3) is 4.11. The van der Waals surface area contributed by atoms with Crippen molar-refractivity contribution in [3.05, 3.63) is 52.2 Å². The van der Waals surface area contributed by atoms with E-state index < -0.39 is 0 Å². The van der Waals surface area contributed by atoms with Crippen LogP contribution in [0.4, 0.5) is 0 Å². The normalized spacial score (nSPS) is 10.7. The van der Waals surface area contributed by atoms with Crippen LogP contribution < -0.4 is 5.32 Å². The molecule has 0 radical (unpaired) electrons. The Labute approximate surface area is 122 Å². The smallest absolute Gasteiger partial charge is 0.252 e. The summed E-state index contributed by atoms with van der Waals surface area (Å²) in [6.45, 7) is 3.94. The van der Waals surface area contributed by atoms with E-state index in [1.54, 1.807) is 23.1 Å². The van der Waals surface area contributed by atoms with Crippen molar-refractivity contribution in [2.75, 3.05) is 0 Å². The molecule has 0 spiro atoms. The molecule has 0 aliphatic carbocycles. The number of carbonyl (C=O) groups is 1. The largest absolute Gasteiger partial charge is 0.350 e. The first kappa shape index (κ1) is 14.2. The number of thiophene rings is 1. The van der Waals surface area contributed by atoms with Gasteiger partial charge in [-0.3, -0.25) is 4.79 Å². The highest BCUT2D eigenvalue weighted by molar-refractivity contribution is 7.98. The molecule has 1 amide bonds. The van der Waals surface area contributed by atoms with Crippen LogP contribution in [-0.2, 0) is 5.75 Å². The van der Waals surface area contributed by atoms with Crippen LogP contribution in [0.1, 0.15) is 29.8 Å². The monoisotopic (exact) mass is 291 g/mol. The predicted molar refractivity (Wildman–Crippen MR) is 82.9 cm³/mol. The zero-order valence-corrected chi connectivity index (χ0v) is 12.7. The van der Waals surface area contributed by atoms with Gasteiger partial charge < -0.3 is 5.32 Å². The van der Waals surface area contributed by atoms with Crippen LogP contribution in [0.2, 0.25) is 0 Å². The van der Waals surface area contributed by atoms with Gasteiger partial charge in [0.2, 0.25) is 0 Å². The molecule has 0 unspecified atom stereocenters. The molecule has 1 heterocycles. The molecule has 2 nitrogen and oxygen atoms in total. The number of hydrogen-bond donors (Lipinski definition) is 1. The van der Waals surface area contributed by atoms with Crippen molar-refractivity contribution in [3.8, 4) is 0 Å². The molecule has 0 aliphatic rings. The number of hydrogen-bond acceptors (Lipinski definition) is 3. The Bertz CT molecular complexity index is 535. The Morgan fingerprint density at radius 3 is 2.79 bits per heavy atom. The molecule has 1 aromatic heterocycles. The second kappa shape index (κ2) is 6.78. The fraction of sp³-hybridized carbons (Fsp3) is 0.267. The van der Waals surface area contributed by atoms with E-state index in [1.165, 1.54) is 5.56 Å². The van der Waals surface area contributed by atoms with Gasteiger partial charge in [0.1, 0.15) is 0 Å². The lowest BCUT2D eigenvalue weighted by Gasteiger charge is -2.11. The van der Waals surface area contributed by atoms with E-state index in [9.17, 15) is 4.79 Å². The third-order valence-corrected chi connectivity index (χ3v) is 4.40. The zero-order valence-electron chi connectivity index (χ0n) is 11.1. The van der Waals surface area contributed by atoms with Crippen molar-refractivity contribution in [1.29, 1.82) is 0 Å². The number of nitrogens with one attached hydrogen (secondary N) is 1. The highest BCUT2D eigenvalue weighted by Crippen LogP contribution is 2.27. The lowest BCUT2D eigenvalue weighted by atomic mass is 10.2. The molecule has 0 aliphatic heterocycles. The second-order valence-electron chi connectivity index (χ2n) is 4.54. The highest BCUT2D eigenvalue weighted by Gasteiger charge is 2.12. The molecule has 0 bridgehead atoms. The average Bonchev–Trinajstić information content (AvgIpc) is 2.89. The number of amides is 1. The average molecular weight is 291 g/mol. The van der Waals surface area contributed by atoms with Gasteiger partial charge in [-0.25, -0.2) is 0 Å². The lowest BCUT2D eigenvalue weighted by Crippen LogP contribution is -2.30.